The Morgan fingerprint density at radius 3 is 2.66 bits per heavy atom. The smallest absolute Gasteiger partial charge is 0.228 e. The molecule has 4 rings (SSSR count). The summed E-state index contributed by atoms with van der Waals surface area (Å²) in [7, 11) is 1.55. The largest absolute Gasteiger partial charge is 0.496 e. The molecule has 0 radical (unpaired) electrons. The number of carbonyl (C=O) groups excluding carboxylic acids is 1. The molecule has 0 spiro atoms. The molecule has 0 bridgehead atoms. The Balaban J connectivity index is 1.53. The third-order valence-corrected chi connectivity index (χ3v) is 5.73. The highest BCUT2D eigenvalue weighted by Crippen LogP contribution is 2.37. The lowest BCUT2D eigenvalue weighted by atomic mass is 9.89. The molecule has 0 aliphatic heterocycles. The van der Waals surface area contributed by atoms with Crippen LogP contribution in [0.1, 0.15) is 44.9 Å². The monoisotopic (exact) mass is 398 g/mol. The SMILES string of the molecule is COc1cc(OCC2CC2)ccc1-c1cc(NC(=O)C2CCCCC2)ncc1F. The maximum Gasteiger partial charge on any atom is 0.228 e. The molecule has 0 saturated heterocycles. The number of rotatable bonds is 7. The van der Waals surface area contributed by atoms with E-state index in [4.69, 9.17) is 9.47 Å². The van der Waals surface area contributed by atoms with E-state index in [-0.39, 0.29) is 11.8 Å². The van der Waals surface area contributed by atoms with E-state index < -0.39 is 5.82 Å². The second kappa shape index (κ2) is 8.80. The molecule has 2 saturated carbocycles. The van der Waals surface area contributed by atoms with Gasteiger partial charge in [-0.25, -0.2) is 9.37 Å². The van der Waals surface area contributed by atoms with Crippen LogP contribution in [0.15, 0.2) is 30.5 Å². The van der Waals surface area contributed by atoms with Gasteiger partial charge in [0.05, 0.1) is 19.9 Å². The van der Waals surface area contributed by atoms with Crippen LogP contribution >= 0.6 is 0 Å². The molecule has 0 unspecified atom stereocenters. The highest BCUT2D eigenvalue weighted by Gasteiger charge is 2.23. The van der Waals surface area contributed by atoms with E-state index in [0.29, 0.717) is 41.0 Å². The second-order valence-electron chi connectivity index (χ2n) is 7.99. The van der Waals surface area contributed by atoms with Crippen LogP contribution in [-0.4, -0.2) is 24.6 Å². The van der Waals surface area contributed by atoms with Crippen molar-refractivity contribution in [2.45, 2.75) is 44.9 Å². The van der Waals surface area contributed by atoms with Crippen molar-refractivity contribution < 1.29 is 18.7 Å². The van der Waals surface area contributed by atoms with Gasteiger partial charge in [0.1, 0.15) is 23.1 Å². The van der Waals surface area contributed by atoms with Crippen LogP contribution in [0.25, 0.3) is 11.1 Å². The highest BCUT2D eigenvalue weighted by atomic mass is 19.1. The van der Waals surface area contributed by atoms with Gasteiger partial charge in [-0.3, -0.25) is 4.79 Å². The number of methoxy groups -OCH3 is 1. The number of amides is 1. The van der Waals surface area contributed by atoms with Crippen LogP contribution in [0.2, 0.25) is 0 Å². The van der Waals surface area contributed by atoms with E-state index in [9.17, 15) is 9.18 Å². The van der Waals surface area contributed by atoms with Gasteiger partial charge in [0, 0.05) is 23.1 Å². The van der Waals surface area contributed by atoms with Crippen molar-refractivity contribution in [2.24, 2.45) is 11.8 Å². The summed E-state index contributed by atoms with van der Waals surface area (Å²) < 4.78 is 25.8. The summed E-state index contributed by atoms with van der Waals surface area (Å²) in [5, 5.41) is 2.86. The third kappa shape index (κ3) is 4.86. The van der Waals surface area contributed by atoms with Crippen molar-refractivity contribution in [3.63, 3.8) is 0 Å². The lowest BCUT2D eigenvalue weighted by Crippen LogP contribution is -2.25. The van der Waals surface area contributed by atoms with E-state index in [1.54, 1.807) is 25.3 Å². The van der Waals surface area contributed by atoms with E-state index in [0.717, 1.165) is 31.9 Å². The van der Waals surface area contributed by atoms with Crippen molar-refractivity contribution in [1.82, 2.24) is 4.98 Å². The first kappa shape index (κ1) is 19.7. The summed E-state index contributed by atoms with van der Waals surface area (Å²) >= 11 is 0. The molecule has 0 atom stereocenters. The van der Waals surface area contributed by atoms with Crippen molar-refractivity contribution >= 4 is 11.7 Å². The van der Waals surface area contributed by atoms with Crippen LogP contribution in [0.3, 0.4) is 0 Å². The second-order valence-corrected chi connectivity index (χ2v) is 7.99. The number of hydrogen-bond acceptors (Lipinski definition) is 4. The number of benzene rings is 1. The summed E-state index contributed by atoms with van der Waals surface area (Å²) in [6, 6.07) is 6.95. The zero-order valence-corrected chi connectivity index (χ0v) is 16.7. The van der Waals surface area contributed by atoms with Crippen molar-refractivity contribution in [1.29, 1.82) is 0 Å². The van der Waals surface area contributed by atoms with Gasteiger partial charge >= 0.3 is 0 Å². The Kier molecular flexibility index (Phi) is 5.97. The third-order valence-electron chi connectivity index (χ3n) is 5.73. The van der Waals surface area contributed by atoms with E-state index in [1.807, 2.05) is 6.07 Å². The van der Waals surface area contributed by atoms with Gasteiger partial charge in [-0.15, -0.1) is 0 Å². The molecule has 2 aromatic rings. The minimum Gasteiger partial charge on any atom is -0.496 e. The predicted molar refractivity (Wildman–Crippen MR) is 110 cm³/mol. The molecule has 2 fully saturated rings. The van der Waals surface area contributed by atoms with Crippen LogP contribution in [0.4, 0.5) is 10.2 Å². The lowest BCUT2D eigenvalue weighted by molar-refractivity contribution is -0.120. The quantitative estimate of drug-likeness (QED) is 0.696. The van der Waals surface area contributed by atoms with E-state index in [2.05, 4.69) is 10.3 Å². The molecule has 5 nitrogen and oxygen atoms in total. The number of carbonyl (C=O) groups is 1. The summed E-state index contributed by atoms with van der Waals surface area (Å²) in [5.74, 6) is 1.74. The number of nitrogens with zero attached hydrogens (tertiary/aromatic N) is 1. The number of hydrogen-bond donors (Lipinski definition) is 1. The molecule has 1 N–H and O–H groups in total. The Bertz CT molecular complexity index is 876. The zero-order chi connectivity index (χ0) is 20.2. The summed E-state index contributed by atoms with van der Waals surface area (Å²) in [4.78, 5) is 16.6. The molecule has 154 valence electrons. The number of nitrogens with one attached hydrogen (secondary N) is 1. The van der Waals surface area contributed by atoms with Crippen LogP contribution in [0, 0.1) is 17.7 Å². The summed E-state index contributed by atoms with van der Waals surface area (Å²) in [6.07, 6.45) is 8.70. The fraction of sp³-hybridized carbons (Fsp3) is 0.478. The molecule has 6 heteroatoms. The summed E-state index contributed by atoms with van der Waals surface area (Å²) in [6.45, 7) is 0.698. The van der Waals surface area contributed by atoms with E-state index in [1.165, 1.54) is 19.3 Å². The van der Waals surface area contributed by atoms with Gasteiger partial charge in [0.15, 0.2) is 0 Å². The fourth-order valence-corrected chi connectivity index (χ4v) is 3.79. The van der Waals surface area contributed by atoms with Gasteiger partial charge in [-0.2, -0.15) is 0 Å². The van der Waals surface area contributed by atoms with Gasteiger partial charge in [-0.05, 0) is 49.8 Å². The topological polar surface area (TPSA) is 60.5 Å². The van der Waals surface area contributed by atoms with Gasteiger partial charge < -0.3 is 14.8 Å². The average Bonchev–Trinajstić information content (AvgIpc) is 3.58. The molecule has 1 aromatic heterocycles. The van der Waals surface area contributed by atoms with Crippen LogP contribution in [-0.2, 0) is 4.79 Å². The highest BCUT2D eigenvalue weighted by molar-refractivity contribution is 5.92. The molecule has 29 heavy (non-hydrogen) atoms. The molecular formula is C23H27FN2O3. The predicted octanol–water partition coefficient (Wildman–Crippen LogP) is 5.20. The number of anilines is 1. The van der Waals surface area contributed by atoms with Gasteiger partial charge in [-0.1, -0.05) is 19.3 Å². The molecular weight excluding hydrogens is 371 g/mol. The summed E-state index contributed by atoms with van der Waals surface area (Å²) in [5.41, 5.74) is 0.934. The number of halogens is 1. The minimum absolute atomic E-state index is 0.0106. The number of pyridine rings is 1. The zero-order valence-electron chi connectivity index (χ0n) is 16.7. The molecule has 2 aliphatic carbocycles. The standard InChI is InChI=1S/C23H27FN2O3/c1-28-21-11-17(29-14-15-7-8-15)9-10-18(21)19-12-22(25-13-20(19)24)26-23(27)16-5-3-2-4-6-16/h9-13,15-16H,2-8,14H2,1H3,(H,25,26,27). The van der Waals surface area contributed by atoms with Crippen LogP contribution in [0.5, 0.6) is 11.5 Å². The molecule has 1 amide bonds. The molecule has 1 heterocycles. The number of aromatic nitrogens is 1. The first-order valence-corrected chi connectivity index (χ1v) is 10.4. The Labute approximate surface area is 170 Å². The average molecular weight is 398 g/mol. The van der Waals surface area contributed by atoms with Crippen molar-refractivity contribution in [3.05, 3.63) is 36.3 Å². The van der Waals surface area contributed by atoms with Gasteiger partial charge in [0.2, 0.25) is 5.91 Å². The molecule has 2 aliphatic rings. The van der Waals surface area contributed by atoms with Crippen molar-refractivity contribution in [3.8, 4) is 22.6 Å². The maximum absolute atomic E-state index is 14.6. The first-order valence-electron chi connectivity index (χ1n) is 10.4. The molecule has 1 aromatic carbocycles. The number of ether oxygens (including phenoxy) is 2. The Hall–Kier alpha value is -2.63. The van der Waals surface area contributed by atoms with Crippen LogP contribution < -0.4 is 14.8 Å². The maximum atomic E-state index is 14.6. The Morgan fingerprint density at radius 2 is 1.93 bits per heavy atom. The Morgan fingerprint density at radius 1 is 1.14 bits per heavy atom. The van der Waals surface area contributed by atoms with E-state index >= 15 is 0 Å². The normalized spacial score (nSPS) is 17.0. The first-order chi connectivity index (χ1) is 14.1. The van der Waals surface area contributed by atoms with Gasteiger partial charge in [0.25, 0.3) is 0 Å². The lowest BCUT2D eigenvalue weighted by Gasteiger charge is -2.20. The van der Waals surface area contributed by atoms with Crippen molar-refractivity contribution in [2.75, 3.05) is 19.0 Å². The fourth-order valence-electron chi connectivity index (χ4n) is 3.79. The minimum atomic E-state index is -0.467.